The lowest BCUT2D eigenvalue weighted by atomic mass is 10.2. The molecule has 0 spiro atoms. The fourth-order valence-electron chi connectivity index (χ4n) is 2.51. The third-order valence-corrected chi connectivity index (χ3v) is 4.79. The Bertz CT molecular complexity index is 1010. The SMILES string of the molecule is CCn1c(=NC(=O)COc2ccccc2)sc2cc(C(=O)OC)ccc21. The molecule has 0 saturated carbocycles. The first kappa shape index (κ1) is 17.9. The highest BCUT2D eigenvalue weighted by Crippen LogP contribution is 2.20. The van der Waals surface area contributed by atoms with E-state index in [0.29, 0.717) is 22.7 Å². The first-order chi connectivity index (χ1) is 12.6. The smallest absolute Gasteiger partial charge is 0.337 e. The van der Waals surface area contributed by atoms with Gasteiger partial charge in [0.2, 0.25) is 0 Å². The van der Waals surface area contributed by atoms with Crippen LogP contribution in [0.25, 0.3) is 10.2 Å². The van der Waals surface area contributed by atoms with Crippen molar-refractivity contribution in [3.05, 3.63) is 58.9 Å². The maximum atomic E-state index is 12.2. The fourth-order valence-corrected chi connectivity index (χ4v) is 3.66. The van der Waals surface area contributed by atoms with Gasteiger partial charge in [-0.05, 0) is 37.3 Å². The van der Waals surface area contributed by atoms with E-state index in [4.69, 9.17) is 9.47 Å². The molecule has 0 N–H and O–H groups in total. The van der Waals surface area contributed by atoms with Crippen molar-refractivity contribution in [2.45, 2.75) is 13.5 Å². The second kappa shape index (κ2) is 7.97. The molecule has 6 nitrogen and oxygen atoms in total. The number of carbonyl (C=O) groups is 2. The Hall–Kier alpha value is -2.93. The average molecular weight is 370 g/mol. The van der Waals surface area contributed by atoms with Crippen LogP contribution in [0.5, 0.6) is 5.75 Å². The molecular weight excluding hydrogens is 352 g/mol. The zero-order chi connectivity index (χ0) is 18.5. The first-order valence-electron chi connectivity index (χ1n) is 8.09. The van der Waals surface area contributed by atoms with Gasteiger partial charge in [0, 0.05) is 6.54 Å². The van der Waals surface area contributed by atoms with Crippen LogP contribution in [0.4, 0.5) is 0 Å². The summed E-state index contributed by atoms with van der Waals surface area (Å²) in [5, 5.41) is 0. The summed E-state index contributed by atoms with van der Waals surface area (Å²) in [4.78, 5) is 28.6. The van der Waals surface area contributed by atoms with E-state index >= 15 is 0 Å². The lowest BCUT2D eigenvalue weighted by molar-refractivity contribution is -0.120. The number of aromatic nitrogens is 1. The minimum Gasteiger partial charge on any atom is -0.484 e. The van der Waals surface area contributed by atoms with Crippen molar-refractivity contribution in [3.63, 3.8) is 0 Å². The summed E-state index contributed by atoms with van der Waals surface area (Å²) < 4.78 is 13.0. The maximum Gasteiger partial charge on any atom is 0.337 e. The van der Waals surface area contributed by atoms with E-state index < -0.39 is 5.97 Å². The minimum atomic E-state index is -0.394. The topological polar surface area (TPSA) is 69.9 Å². The largest absolute Gasteiger partial charge is 0.484 e. The highest BCUT2D eigenvalue weighted by Gasteiger charge is 2.11. The first-order valence-corrected chi connectivity index (χ1v) is 8.91. The Morgan fingerprint density at radius 2 is 1.92 bits per heavy atom. The van der Waals surface area contributed by atoms with Crippen LogP contribution in [-0.4, -0.2) is 30.2 Å². The minimum absolute atomic E-state index is 0.130. The average Bonchev–Trinajstić information content (AvgIpc) is 3.02. The van der Waals surface area contributed by atoms with Gasteiger partial charge >= 0.3 is 5.97 Å². The number of amides is 1. The Morgan fingerprint density at radius 3 is 2.62 bits per heavy atom. The molecule has 26 heavy (non-hydrogen) atoms. The molecule has 2 aromatic carbocycles. The summed E-state index contributed by atoms with van der Waals surface area (Å²) >= 11 is 1.35. The predicted molar refractivity (Wildman–Crippen MR) is 99.3 cm³/mol. The van der Waals surface area contributed by atoms with Crippen LogP contribution < -0.4 is 9.54 Å². The predicted octanol–water partition coefficient (Wildman–Crippen LogP) is 3.02. The molecule has 0 radical (unpaired) electrons. The summed E-state index contributed by atoms with van der Waals surface area (Å²) in [6, 6.07) is 14.4. The number of hydrogen-bond acceptors (Lipinski definition) is 5. The molecule has 0 bridgehead atoms. The third kappa shape index (κ3) is 3.83. The molecule has 1 heterocycles. The van der Waals surface area contributed by atoms with E-state index in [9.17, 15) is 9.59 Å². The number of rotatable bonds is 5. The number of methoxy groups -OCH3 is 1. The van der Waals surface area contributed by atoms with Gasteiger partial charge in [0.25, 0.3) is 5.91 Å². The molecule has 1 amide bonds. The molecule has 0 unspecified atom stereocenters. The van der Waals surface area contributed by atoms with Gasteiger partial charge in [0.05, 0.1) is 22.9 Å². The van der Waals surface area contributed by atoms with Crippen molar-refractivity contribution in [1.82, 2.24) is 4.57 Å². The molecule has 0 aliphatic carbocycles. The van der Waals surface area contributed by atoms with Crippen molar-refractivity contribution in [3.8, 4) is 5.75 Å². The van der Waals surface area contributed by atoms with Crippen molar-refractivity contribution in [2.75, 3.05) is 13.7 Å². The van der Waals surface area contributed by atoms with Gasteiger partial charge in [-0.1, -0.05) is 29.5 Å². The molecular formula is C19H18N2O4S. The molecule has 3 aromatic rings. The number of ether oxygens (including phenoxy) is 2. The summed E-state index contributed by atoms with van der Waals surface area (Å²) in [7, 11) is 1.35. The maximum absolute atomic E-state index is 12.2. The molecule has 1 aromatic heterocycles. The van der Waals surface area contributed by atoms with Crippen LogP contribution in [0.2, 0.25) is 0 Å². The normalized spacial score (nSPS) is 11.5. The molecule has 0 saturated heterocycles. The van der Waals surface area contributed by atoms with Crippen LogP contribution in [0, 0.1) is 0 Å². The molecule has 0 aliphatic heterocycles. The van der Waals surface area contributed by atoms with Gasteiger partial charge in [0.1, 0.15) is 5.75 Å². The quantitative estimate of drug-likeness (QED) is 0.648. The van der Waals surface area contributed by atoms with Crippen molar-refractivity contribution in [2.24, 2.45) is 4.99 Å². The number of carbonyl (C=O) groups excluding carboxylic acids is 2. The number of nitrogens with zero attached hydrogens (tertiary/aromatic N) is 2. The molecule has 0 atom stereocenters. The summed E-state index contributed by atoms with van der Waals surface area (Å²) in [5.41, 5.74) is 1.38. The van der Waals surface area contributed by atoms with E-state index in [1.807, 2.05) is 35.8 Å². The summed E-state index contributed by atoms with van der Waals surface area (Å²) in [6.07, 6.45) is 0. The molecule has 3 rings (SSSR count). The molecule has 134 valence electrons. The lowest BCUT2D eigenvalue weighted by Gasteiger charge is -2.03. The van der Waals surface area contributed by atoms with Gasteiger partial charge in [-0.3, -0.25) is 4.79 Å². The number of para-hydroxylation sites is 1. The standard InChI is InChI=1S/C19H18N2O4S/c1-3-21-15-10-9-13(18(23)24-2)11-16(15)26-19(21)20-17(22)12-25-14-7-5-4-6-8-14/h4-11H,3,12H2,1-2H3. The van der Waals surface area contributed by atoms with Gasteiger partial charge < -0.3 is 14.0 Å². The van der Waals surface area contributed by atoms with Crippen molar-refractivity contribution >= 4 is 33.4 Å². The van der Waals surface area contributed by atoms with Gasteiger partial charge in [0.15, 0.2) is 11.4 Å². The zero-order valence-electron chi connectivity index (χ0n) is 14.5. The molecule has 7 heteroatoms. The van der Waals surface area contributed by atoms with E-state index in [2.05, 4.69) is 4.99 Å². The Labute approximate surface area is 154 Å². The number of esters is 1. The van der Waals surface area contributed by atoms with Crippen molar-refractivity contribution < 1.29 is 19.1 Å². The number of thiazole rings is 1. The number of hydrogen-bond donors (Lipinski definition) is 0. The van der Waals surface area contributed by atoms with E-state index in [-0.39, 0.29) is 12.5 Å². The van der Waals surface area contributed by atoms with Gasteiger partial charge in [-0.15, -0.1) is 0 Å². The Morgan fingerprint density at radius 1 is 1.15 bits per heavy atom. The lowest BCUT2D eigenvalue weighted by Crippen LogP contribution is -2.18. The third-order valence-electron chi connectivity index (χ3n) is 3.75. The van der Waals surface area contributed by atoms with Crippen LogP contribution >= 0.6 is 11.3 Å². The fraction of sp³-hybridized carbons (Fsp3) is 0.211. The number of fused-ring (bicyclic) bond motifs is 1. The summed E-state index contributed by atoms with van der Waals surface area (Å²) in [5.74, 6) is -0.136. The van der Waals surface area contributed by atoms with Crippen LogP contribution in [0.3, 0.4) is 0 Å². The van der Waals surface area contributed by atoms with Crippen LogP contribution in [0.15, 0.2) is 53.5 Å². The Kier molecular flexibility index (Phi) is 5.48. The van der Waals surface area contributed by atoms with E-state index in [1.165, 1.54) is 18.4 Å². The monoisotopic (exact) mass is 370 g/mol. The molecule has 0 aliphatic rings. The second-order valence-electron chi connectivity index (χ2n) is 5.41. The second-order valence-corrected chi connectivity index (χ2v) is 6.42. The van der Waals surface area contributed by atoms with Gasteiger partial charge in [-0.2, -0.15) is 4.99 Å². The zero-order valence-corrected chi connectivity index (χ0v) is 15.3. The number of benzene rings is 2. The highest BCUT2D eigenvalue weighted by atomic mass is 32.1. The molecule has 0 fully saturated rings. The van der Waals surface area contributed by atoms with E-state index in [0.717, 1.165) is 10.2 Å². The van der Waals surface area contributed by atoms with Gasteiger partial charge in [-0.25, -0.2) is 4.79 Å². The van der Waals surface area contributed by atoms with Crippen LogP contribution in [0.1, 0.15) is 17.3 Å². The van der Waals surface area contributed by atoms with Crippen LogP contribution in [-0.2, 0) is 16.1 Å². The van der Waals surface area contributed by atoms with E-state index in [1.54, 1.807) is 24.3 Å². The number of aryl methyl sites for hydroxylation is 1. The Balaban J connectivity index is 1.89. The summed E-state index contributed by atoms with van der Waals surface area (Å²) in [6.45, 7) is 2.50. The highest BCUT2D eigenvalue weighted by molar-refractivity contribution is 7.16. The van der Waals surface area contributed by atoms with Crippen molar-refractivity contribution in [1.29, 1.82) is 0 Å².